The Morgan fingerprint density at radius 1 is 1.00 bits per heavy atom. The van der Waals surface area contributed by atoms with Crippen LogP contribution in [0.4, 0.5) is 0 Å². The van der Waals surface area contributed by atoms with E-state index in [2.05, 4.69) is 59.0 Å². The second-order valence-electron chi connectivity index (χ2n) is 8.06. The van der Waals surface area contributed by atoms with Crippen molar-refractivity contribution in [1.82, 2.24) is 19.8 Å². The second kappa shape index (κ2) is 7.85. The molecular formula is C22H30N4. The third-order valence-electron chi connectivity index (χ3n) is 5.80. The summed E-state index contributed by atoms with van der Waals surface area (Å²) >= 11 is 0. The van der Waals surface area contributed by atoms with Gasteiger partial charge in [-0.2, -0.15) is 0 Å². The summed E-state index contributed by atoms with van der Waals surface area (Å²) in [6.07, 6.45) is 5.60. The maximum absolute atomic E-state index is 4.75. The molecule has 1 fully saturated rings. The molecule has 26 heavy (non-hydrogen) atoms. The smallest absolute Gasteiger partial charge is 0.131 e. The molecule has 1 aromatic carbocycles. The molecule has 1 aliphatic carbocycles. The van der Waals surface area contributed by atoms with Gasteiger partial charge in [0.25, 0.3) is 0 Å². The molecule has 2 aromatic rings. The normalized spacial score (nSPS) is 19.7. The molecule has 1 aliphatic heterocycles. The number of rotatable bonds is 4. The fourth-order valence-corrected chi connectivity index (χ4v) is 4.32. The maximum Gasteiger partial charge on any atom is 0.131 e. The van der Waals surface area contributed by atoms with Gasteiger partial charge in [0.05, 0.1) is 5.69 Å². The van der Waals surface area contributed by atoms with Crippen LogP contribution in [-0.2, 0) is 19.4 Å². The number of hydrogen-bond acceptors (Lipinski definition) is 4. The zero-order valence-electron chi connectivity index (χ0n) is 16.1. The Hall–Kier alpha value is -1.78. The van der Waals surface area contributed by atoms with E-state index in [9.17, 15) is 0 Å². The third kappa shape index (κ3) is 3.97. The first-order valence-corrected chi connectivity index (χ1v) is 10.0. The van der Waals surface area contributed by atoms with Crippen molar-refractivity contribution >= 4 is 0 Å². The van der Waals surface area contributed by atoms with E-state index < -0.39 is 0 Å². The van der Waals surface area contributed by atoms with Gasteiger partial charge in [0.1, 0.15) is 5.82 Å². The van der Waals surface area contributed by atoms with Gasteiger partial charge in [-0.1, -0.05) is 38.1 Å². The van der Waals surface area contributed by atoms with Gasteiger partial charge in [-0.15, -0.1) is 0 Å². The Balaban J connectivity index is 1.35. The average molecular weight is 351 g/mol. The molecule has 0 radical (unpaired) electrons. The molecule has 0 amide bonds. The van der Waals surface area contributed by atoms with Gasteiger partial charge in [0.15, 0.2) is 0 Å². The van der Waals surface area contributed by atoms with Crippen molar-refractivity contribution in [1.29, 1.82) is 0 Å². The average Bonchev–Trinajstić information content (AvgIpc) is 2.95. The van der Waals surface area contributed by atoms with Crippen LogP contribution in [0.25, 0.3) is 0 Å². The van der Waals surface area contributed by atoms with Crippen molar-refractivity contribution in [2.24, 2.45) is 0 Å². The second-order valence-corrected chi connectivity index (χ2v) is 8.06. The Morgan fingerprint density at radius 3 is 2.50 bits per heavy atom. The quantitative estimate of drug-likeness (QED) is 0.847. The van der Waals surface area contributed by atoms with E-state index in [1.165, 1.54) is 32.4 Å². The van der Waals surface area contributed by atoms with Gasteiger partial charge in [-0.3, -0.25) is 9.80 Å². The number of nitrogens with zero attached hydrogens (tertiary/aromatic N) is 4. The number of aromatic nitrogens is 2. The fraction of sp³-hybridized carbons (Fsp3) is 0.545. The van der Waals surface area contributed by atoms with Gasteiger partial charge < -0.3 is 0 Å². The molecule has 1 aromatic heterocycles. The van der Waals surface area contributed by atoms with Crippen LogP contribution in [0, 0.1) is 0 Å². The SMILES string of the molecule is CC(C)c1nccc(CN2CCCN(C3Cc4ccccc4C3)CC2)n1. The van der Waals surface area contributed by atoms with Gasteiger partial charge >= 0.3 is 0 Å². The van der Waals surface area contributed by atoms with E-state index in [1.807, 2.05) is 6.20 Å². The topological polar surface area (TPSA) is 32.3 Å². The lowest BCUT2D eigenvalue weighted by molar-refractivity contribution is 0.200. The van der Waals surface area contributed by atoms with Crippen molar-refractivity contribution < 1.29 is 0 Å². The lowest BCUT2D eigenvalue weighted by Gasteiger charge is -2.27. The molecule has 0 N–H and O–H groups in total. The summed E-state index contributed by atoms with van der Waals surface area (Å²) in [6, 6.07) is 11.7. The molecule has 0 atom stereocenters. The highest BCUT2D eigenvalue weighted by atomic mass is 15.2. The summed E-state index contributed by atoms with van der Waals surface area (Å²) in [6.45, 7) is 9.94. The van der Waals surface area contributed by atoms with Crippen LogP contribution in [0.2, 0.25) is 0 Å². The molecule has 0 spiro atoms. The van der Waals surface area contributed by atoms with Crippen LogP contribution < -0.4 is 0 Å². The van der Waals surface area contributed by atoms with Crippen LogP contribution in [0.1, 0.15) is 48.8 Å². The highest BCUT2D eigenvalue weighted by molar-refractivity contribution is 5.33. The molecule has 4 heteroatoms. The number of hydrogen-bond donors (Lipinski definition) is 0. The van der Waals surface area contributed by atoms with Crippen LogP contribution >= 0.6 is 0 Å². The molecule has 4 rings (SSSR count). The summed E-state index contributed by atoms with van der Waals surface area (Å²) in [4.78, 5) is 14.4. The summed E-state index contributed by atoms with van der Waals surface area (Å²) in [5.41, 5.74) is 4.27. The molecule has 2 heterocycles. The van der Waals surface area contributed by atoms with Crippen molar-refractivity contribution in [3.8, 4) is 0 Å². The monoisotopic (exact) mass is 350 g/mol. The van der Waals surface area contributed by atoms with E-state index in [0.29, 0.717) is 12.0 Å². The van der Waals surface area contributed by atoms with Gasteiger partial charge in [-0.05, 0) is 49.5 Å². The first-order valence-electron chi connectivity index (χ1n) is 10.0. The van der Waals surface area contributed by atoms with E-state index in [-0.39, 0.29) is 0 Å². The summed E-state index contributed by atoms with van der Waals surface area (Å²) in [7, 11) is 0. The first kappa shape index (κ1) is 17.6. The van der Waals surface area contributed by atoms with Crippen molar-refractivity contribution in [2.75, 3.05) is 26.2 Å². The van der Waals surface area contributed by atoms with Crippen LogP contribution in [0.15, 0.2) is 36.5 Å². The Labute approximate surface area is 157 Å². The molecule has 2 aliphatic rings. The summed E-state index contributed by atoms with van der Waals surface area (Å²) < 4.78 is 0. The van der Waals surface area contributed by atoms with Crippen LogP contribution in [0.5, 0.6) is 0 Å². The zero-order valence-corrected chi connectivity index (χ0v) is 16.1. The Kier molecular flexibility index (Phi) is 5.32. The largest absolute Gasteiger partial charge is 0.298 e. The van der Waals surface area contributed by atoms with E-state index in [0.717, 1.165) is 31.2 Å². The highest BCUT2D eigenvalue weighted by Crippen LogP contribution is 2.26. The molecule has 0 unspecified atom stereocenters. The maximum atomic E-state index is 4.75. The summed E-state index contributed by atoms with van der Waals surface area (Å²) in [5.74, 6) is 1.35. The number of fused-ring (bicyclic) bond motifs is 1. The molecule has 4 nitrogen and oxygen atoms in total. The van der Waals surface area contributed by atoms with Crippen molar-refractivity contribution in [3.05, 3.63) is 59.2 Å². The van der Waals surface area contributed by atoms with E-state index >= 15 is 0 Å². The van der Waals surface area contributed by atoms with Crippen molar-refractivity contribution in [2.45, 2.75) is 51.6 Å². The van der Waals surface area contributed by atoms with Gasteiger partial charge in [0.2, 0.25) is 0 Å². The van der Waals surface area contributed by atoms with Gasteiger partial charge in [0, 0.05) is 37.8 Å². The van der Waals surface area contributed by atoms with E-state index in [4.69, 9.17) is 4.98 Å². The highest BCUT2D eigenvalue weighted by Gasteiger charge is 2.28. The minimum Gasteiger partial charge on any atom is -0.298 e. The molecule has 138 valence electrons. The third-order valence-corrected chi connectivity index (χ3v) is 5.80. The first-order chi connectivity index (χ1) is 12.7. The number of benzene rings is 1. The predicted molar refractivity (Wildman–Crippen MR) is 105 cm³/mol. The van der Waals surface area contributed by atoms with Gasteiger partial charge in [-0.25, -0.2) is 9.97 Å². The zero-order chi connectivity index (χ0) is 17.9. The van der Waals surface area contributed by atoms with Crippen LogP contribution in [-0.4, -0.2) is 52.0 Å². The summed E-state index contributed by atoms with van der Waals surface area (Å²) in [5, 5.41) is 0. The fourth-order valence-electron chi connectivity index (χ4n) is 4.32. The molecule has 0 saturated carbocycles. The minimum atomic E-state index is 0.388. The minimum absolute atomic E-state index is 0.388. The Morgan fingerprint density at radius 2 is 1.77 bits per heavy atom. The predicted octanol–water partition coefficient (Wildman–Crippen LogP) is 3.28. The lowest BCUT2D eigenvalue weighted by atomic mass is 10.1. The standard InChI is InChI=1S/C22H30N4/c1-17(2)22-23-9-8-20(24-22)16-25-10-5-11-26(13-12-25)21-14-18-6-3-4-7-19(18)15-21/h3-4,6-9,17,21H,5,10-16H2,1-2H3. The van der Waals surface area contributed by atoms with E-state index in [1.54, 1.807) is 11.1 Å². The lowest BCUT2D eigenvalue weighted by Crippen LogP contribution is -2.38. The molecular weight excluding hydrogens is 320 g/mol. The molecule has 0 bridgehead atoms. The molecule has 1 saturated heterocycles. The van der Waals surface area contributed by atoms with Crippen molar-refractivity contribution in [3.63, 3.8) is 0 Å². The van der Waals surface area contributed by atoms with Crippen LogP contribution in [0.3, 0.4) is 0 Å². The Bertz CT molecular complexity index is 717.